The van der Waals surface area contributed by atoms with E-state index in [1.807, 2.05) is 17.1 Å². The van der Waals surface area contributed by atoms with Crippen LogP contribution in [0.1, 0.15) is 24.5 Å². The Hall–Kier alpha value is -3.49. The van der Waals surface area contributed by atoms with Crippen molar-refractivity contribution in [2.45, 2.75) is 32.9 Å². The second kappa shape index (κ2) is 9.79. The van der Waals surface area contributed by atoms with Crippen LogP contribution in [0.4, 0.5) is 27.5 Å². The number of nitrogens with zero attached hydrogens (tertiary/aromatic N) is 4. The van der Waals surface area contributed by atoms with Gasteiger partial charge in [-0.05, 0) is 60.8 Å². The Bertz CT molecular complexity index is 1300. The minimum Gasteiger partial charge on any atom is -0.340 e. The van der Waals surface area contributed by atoms with Gasteiger partial charge in [-0.25, -0.2) is 9.37 Å². The first-order valence-electron chi connectivity index (χ1n) is 11.3. The van der Waals surface area contributed by atoms with E-state index in [0.717, 1.165) is 49.3 Å². The van der Waals surface area contributed by atoms with Gasteiger partial charge in [0, 0.05) is 53.0 Å². The zero-order valence-corrected chi connectivity index (χ0v) is 19.5. The summed E-state index contributed by atoms with van der Waals surface area (Å²) in [5.41, 5.74) is 5.77. The lowest BCUT2D eigenvalue weighted by molar-refractivity contribution is 0.603. The van der Waals surface area contributed by atoms with Gasteiger partial charge in [-0.3, -0.25) is 4.68 Å². The van der Waals surface area contributed by atoms with Crippen LogP contribution in [0.5, 0.6) is 0 Å². The van der Waals surface area contributed by atoms with E-state index in [1.165, 1.54) is 23.3 Å². The number of rotatable bonds is 7. The molecule has 0 aliphatic carbocycles. The van der Waals surface area contributed by atoms with E-state index in [0.29, 0.717) is 22.5 Å². The summed E-state index contributed by atoms with van der Waals surface area (Å²) in [6, 6.07) is 10.6. The molecular weight excluding hydrogens is 453 g/mol. The molecule has 0 unspecified atom stereocenters. The summed E-state index contributed by atoms with van der Waals surface area (Å²) < 4.78 is 15.7. The molecule has 1 aliphatic rings. The molecule has 0 spiro atoms. The van der Waals surface area contributed by atoms with E-state index in [2.05, 4.69) is 51.2 Å². The van der Waals surface area contributed by atoms with Crippen LogP contribution in [0.3, 0.4) is 0 Å². The van der Waals surface area contributed by atoms with Crippen molar-refractivity contribution in [3.8, 4) is 11.1 Å². The van der Waals surface area contributed by atoms with Crippen LogP contribution in [0, 0.1) is 5.82 Å². The van der Waals surface area contributed by atoms with Gasteiger partial charge in [-0.2, -0.15) is 10.1 Å². The van der Waals surface area contributed by atoms with Gasteiger partial charge < -0.3 is 16.0 Å². The third kappa shape index (κ3) is 5.03. The summed E-state index contributed by atoms with van der Waals surface area (Å²) in [4.78, 5) is 9.18. The average molecular weight is 478 g/mol. The Balaban J connectivity index is 1.50. The number of anilines is 4. The first-order chi connectivity index (χ1) is 16.6. The van der Waals surface area contributed by atoms with Gasteiger partial charge in [-0.1, -0.05) is 24.6 Å². The Morgan fingerprint density at radius 3 is 2.85 bits per heavy atom. The standard InChI is InChI=1S/C25H25ClFN7/c1-2-7-34-15-18(13-30-34)23-14-29-25(32-22-10-19(26)9-20(27)11-22)33-24(23)31-21-4-3-16-5-6-28-12-17(16)8-21/h3-4,8-11,13-15,28H,2,5-7,12H2,1H3,(H2,29,31,32,33). The molecule has 9 heteroatoms. The van der Waals surface area contributed by atoms with Crippen molar-refractivity contribution in [2.24, 2.45) is 0 Å². The third-order valence-electron chi connectivity index (χ3n) is 5.66. The lowest BCUT2D eigenvalue weighted by atomic mass is 10.0. The van der Waals surface area contributed by atoms with Crippen LogP contribution < -0.4 is 16.0 Å². The number of hydrogen-bond acceptors (Lipinski definition) is 6. The van der Waals surface area contributed by atoms with E-state index < -0.39 is 5.82 Å². The van der Waals surface area contributed by atoms with Crippen molar-refractivity contribution in [3.05, 3.63) is 77.0 Å². The minimum absolute atomic E-state index is 0.295. The molecule has 0 atom stereocenters. The van der Waals surface area contributed by atoms with Crippen LogP contribution >= 0.6 is 11.6 Å². The first-order valence-corrected chi connectivity index (χ1v) is 11.7. The topological polar surface area (TPSA) is 79.7 Å². The van der Waals surface area contributed by atoms with E-state index in [9.17, 15) is 4.39 Å². The summed E-state index contributed by atoms with van der Waals surface area (Å²) in [5, 5.41) is 14.7. The zero-order chi connectivity index (χ0) is 23.5. The molecule has 5 rings (SSSR count). The molecular formula is C25H25ClFN7. The molecule has 0 radical (unpaired) electrons. The lowest BCUT2D eigenvalue weighted by Crippen LogP contribution is -2.23. The molecule has 0 amide bonds. The predicted octanol–water partition coefficient (Wildman–Crippen LogP) is 5.68. The molecule has 3 N–H and O–H groups in total. The fourth-order valence-corrected chi connectivity index (χ4v) is 4.27. The van der Waals surface area contributed by atoms with Gasteiger partial charge in [0.05, 0.1) is 6.20 Å². The maximum absolute atomic E-state index is 13.8. The summed E-state index contributed by atoms with van der Waals surface area (Å²) in [7, 11) is 0. The normalized spacial score (nSPS) is 12.9. The van der Waals surface area contributed by atoms with Gasteiger partial charge in [0.15, 0.2) is 0 Å². The average Bonchev–Trinajstić information content (AvgIpc) is 3.27. The highest BCUT2D eigenvalue weighted by molar-refractivity contribution is 6.30. The number of benzene rings is 2. The van der Waals surface area contributed by atoms with Crippen molar-refractivity contribution in [2.75, 3.05) is 17.2 Å². The zero-order valence-electron chi connectivity index (χ0n) is 18.8. The molecule has 2 aromatic carbocycles. The van der Waals surface area contributed by atoms with Crippen molar-refractivity contribution < 1.29 is 4.39 Å². The molecule has 34 heavy (non-hydrogen) atoms. The molecule has 4 aromatic rings. The van der Waals surface area contributed by atoms with Crippen molar-refractivity contribution in [3.63, 3.8) is 0 Å². The van der Waals surface area contributed by atoms with E-state index in [-0.39, 0.29) is 0 Å². The van der Waals surface area contributed by atoms with Crippen molar-refractivity contribution in [1.82, 2.24) is 25.1 Å². The van der Waals surface area contributed by atoms with Gasteiger partial charge >= 0.3 is 0 Å². The number of fused-ring (bicyclic) bond motifs is 1. The quantitative estimate of drug-likeness (QED) is 0.318. The molecule has 0 fully saturated rings. The Labute approximate surface area is 202 Å². The summed E-state index contributed by atoms with van der Waals surface area (Å²) >= 11 is 6.00. The highest BCUT2D eigenvalue weighted by atomic mass is 35.5. The van der Waals surface area contributed by atoms with Crippen molar-refractivity contribution >= 4 is 34.7 Å². The van der Waals surface area contributed by atoms with Gasteiger partial charge in [0.2, 0.25) is 5.95 Å². The number of hydrogen-bond donors (Lipinski definition) is 3. The molecule has 3 heterocycles. The molecule has 174 valence electrons. The summed E-state index contributed by atoms with van der Waals surface area (Å²) in [6.45, 7) is 4.79. The van der Waals surface area contributed by atoms with Crippen LogP contribution in [-0.2, 0) is 19.5 Å². The molecule has 0 bridgehead atoms. The molecule has 0 saturated carbocycles. The largest absolute Gasteiger partial charge is 0.340 e. The SMILES string of the molecule is CCCn1cc(-c2cnc(Nc3cc(F)cc(Cl)c3)nc2Nc2ccc3c(c2)CNCC3)cn1. The number of aryl methyl sites for hydroxylation is 1. The Kier molecular flexibility index (Phi) is 6.42. The number of halogens is 2. The molecule has 2 aromatic heterocycles. The Morgan fingerprint density at radius 2 is 2.00 bits per heavy atom. The second-order valence-corrected chi connectivity index (χ2v) is 8.70. The fraction of sp³-hybridized carbons (Fsp3) is 0.240. The summed E-state index contributed by atoms with van der Waals surface area (Å²) in [6.07, 6.45) is 7.56. The Morgan fingerprint density at radius 1 is 1.09 bits per heavy atom. The second-order valence-electron chi connectivity index (χ2n) is 8.27. The molecule has 0 saturated heterocycles. The van der Waals surface area contributed by atoms with E-state index in [1.54, 1.807) is 12.3 Å². The van der Waals surface area contributed by atoms with Crippen LogP contribution in [-0.4, -0.2) is 26.3 Å². The minimum atomic E-state index is -0.434. The van der Waals surface area contributed by atoms with Gasteiger partial charge in [0.25, 0.3) is 0 Å². The smallest absolute Gasteiger partial charge is 0.229 e. The lowest BCUT2D eigenvalue weighted by Gasteiger charge is -2.19. The van der Waals surface area contributed by atoms with Crippen molar-refractivity contribution in [1.29, 1.82) is 0 Å². The highest BCUT2D eigenvalue weighted by Crippen LogP contribution is 2.31. The van der Waals surface area contributed by atoms with Crippen LogP contribution in [0.25, 0.3) is 11.1 Å². The highest BCUT2D eigenvalue weighted by Gasteiger charge is 2.15. The maximum Gasteiger partial charge on any atom is 0.229 e. The maximum atomic E-state index is 13.8. The van der Waals surface area contributed by atoms with Crippen LogP contribution in [0.2, 0.25) is 5.02 Å². The first kappa shape index (κ1) is 22.3. The predicted molar refractivity (Wildman–Crippen MR) is 133 cm³/mol. The number of aromatic nitrogens is 4. The van der Waals surface area contributed by atoms with Crippen LogP contribution in [0.15, 0.2) is 55.0 Å². The molecule has 1 aliphatic heterocycles. The van der Waals surface area contributed by atoms with Gasteiger partial charge in [-0.15, -0.1) is 0 Å². The van der Waals surface area contributed by atoms with E-state index in [4.69, 9.17) is 16.6 Å². The van der Waals surface area contributed by atoms with E-state index >= 15 is 0 Å². The molecule has 7 nitrogen and oxygen atoms in total. The number of nitrogens with one attached hydrogen (secondary N) is 3. The van der Waals surface area contributed by atoms with Gasteiger partial charge in [0.1, 0.15) is 11.6 Å². The third-order valence-corrected chi connectivity index (χ3v) is 5.88. The monoisotopic (exact) mass is 477 g/mol. The summed E-state index contributed by atoms with van der Waals surface area (Å²) in [5.74, 6) is 0.518. The fourth-order valence-electron chi connectivity index (χ4n) is 4.05.